The SMILES string of the molecule is Cc1ccc(-n2nc(C)c(C(=O)Nc3ccc4c(c3)C(=O)N(C)C4=O)n2)c(C)c1. The van der Waals surface area contributed by atoms with E-state index in [1.807, 2.05) is 32.0 Å². The van der Waals surface area contributed by atoms with E-state index in [0.29, 0.717) is 16.9 Å². The van der Waals surface area contributed by atoms with E-state index >= 15 is 0 Å². The standard InChI is InChI=1S/C21H19N5O3/c1-11-5-8-17(12(2)9-11)26-23-13(3)18(24-26)19(27)22-14-6-7-15-16(10-14)21(29)25(4)20(15)28/h5-10H,1-4H3,(H,22,27). The Bertz CT molecular complexity index is 1200. The Morgan fingerprint density at radius 3 is 2.38 bits per heavy atom. The molecule has 2 heterocycles. The van der Waals surface area contributed by atoms with Crippen LogP contribution in [0.4, 0.5) is 5.69 Å². The molecule has 4 rings (SSSR count). The third-order valence-electron chi connectivity index (χ3n) is 4.91. The lowest BCUT2D eigenvalue weighted by atomic mass is 10.1. The van der Waals surface area contributed by atoms with Crippen molar-refractivity contribution in [2.24, 2.45) is 0 Å². The molecule has 8 nitrogen and oxygen atoms in total. The summed E-state index contributed by atoms with van der Waals surface area (Å²) in [6.07, 6.45) is 0. The van der Waals surface area contributed by atoms with Gasteiger partial charge in [0.25, 0.3) is 17.7 Å². The molecule has 0 aliphatic carbocycles. The van der Waals surface area contributed by atoms with Crippen LogP contribution in [0.2, 0.25) is 0 Å². The molecule has 1 aliphatic rings. The van der Waals surface area contributed by atoms with Gasteiger partial charge in [-0.1, -0.05) is 17.7 Å². The van der Waals surface area contributed by atoms with Crippen LogP contribution >= 0.6 is 0 Å². The Morgan fingerprint density at radius 2 is 1.66 bits per heavy atom. The number of imide groups is 1. The maximum atomic E-state index is 12.7. The molecule has 29 heavy (non-hydrogen) atoms. The second kappa shape index (κ2) is 6.66. The van der Waals surface area contributed by atoms with Crippen LogP contribution in [0.15, 0.2) is 36.4 Å². The first kappa shape index (κ1) is 18.5. The number of benzene rings is 2. The molecule has 1 aromatic heterocycles. The first-order valence-corrected chi connectivity index (χ1v) is 9.05. The van der Waals surface area contributed by atoms with Crippen LogP contribution in [-0.2, 0) is 0 Å². The van der Waals surface area contributed by atoms with E-state index in [-0.39, 0.29) is 17.2 Å². The summed E-state index contributed by atoms with van der Waals surface area (Å²) in [6.45, 7) is 5.67. The van der Waals surface area contributed by atoms with Gasteiger partial charge in [0.05, 0.1) is 22.5 Å². The van der Waals surface area contributed by atoms with Gasteiger partial charge in [-0.05, 0) is 50.6 Å². The number of nitrogens with zero attached hydrogens (tertiary/aromatic N) is 4. The van der Waals surface area contributed by atoms with E-state index in [1.54, 1.807) is 13.0 Å². The van der Waals surface area contributed by atoms with E-state index in [9.17, 15) is 14.4 Å². The summed E-state index contributed by atoms with van der Waals surface area (Å²) in [4.78, 5) is 39.4. The Kier molecular flexibility index (Phi) is 4.26. The zero-order chi connectivity index (χ0) is 20.9. The third kappa shape index (κ3) is 3.08. The molecule has 3 aromatic rings. The number of aromatic nitrogens is 3. The molecule has 0 bridgehead atoms. The number of hydrogen-bond acceptors (Lipinski definition) is 5. The molecule has 1 aliphatic heterocycles. The van der Waals surface area contributed by atoms with Crippen molar-refractivity contribution in [3.63, 3.8) is 0 Å². The fourth-order valence-electron chi connectivity index (χ4n) is 3.36. The minimum atomic E-state index is -0.441. The van der Waals surface area contributed by atoms with Crippen molar-refractivity contribution in [2.45, 2.75) is 20.8 Å². The topological polar surface area (TPSA) is 97.2 Å². The molecule has 2 aromatic carbocycles. The Balaban J connectivity index is 1.61. The maximum absolute atomic E-state index is 12.7. The van der Waals surface area contributed by atoms with Gasteiger partial charge < -0.3 is 5.32 Å². The number of fused-ring (bicyclic) bond motifs is 1. The average molecular weight is 389 g/mol. The Labute approximate surface area is 167 Å². The predicted molar refractivity (Wildman–Crippen MR) is 106 cm³/mol. The smallest absolute Gasteiger partial charge is 0.278 e. The van der Waals surface area contributed by atoms with Crippen molar-refractivity contribution < 1.29 is 14.4 Å². The van der Waals surface area contributed by atoms with Gasteiger partial charge in [0.2, 0.25) is 0 Å². The van der Waals surface area contributed by atoms with E-state index in [1.165, 1.54) is 24.0 Å². The van der Waals surface area contributed by atoms with Crippen LogP contribution in [0.1, 0.15) is 48.0 Å². The molecule has 0 atom stereocenters. The minimum absolute atomic E-state index is 0.185. The van der Waals surface area contributed by atoms with Gasteiger partial charge in [-0.3, -0.25) is 19.3 Å². The number of anilines is 1. The van der Waals surface area contributed by atoms with Crippen molar-refractivity contribution in [1.82, 2.24) is 19.9 Å². The first-order valence-electron chi connectivity index (χ1n) is 9.05. The molecule has 8 heteroatoms. The summed E-state index contributed by atoms with van der Waals surface area (Å²) < 4.78 is 0. The highest BCUT2D eigenvalue weighted by atomic mass is 16.2. The van der Waals surface area contributed by atoms with Crippen LogP contribution < -0.4 is 5.32 Å². The van der Waals surface area contributed by atoms with E-state index in [4.69, 9.17) is 0 Å². The van der Waals surface area contributed by atoms with Crippen molar-refractivity contribution in [1.29, 1.82) is 0 Å². The van der Waals surface area contributed by atoms with Crippen molar-refractivity contribution >= 4 is 23.4 Å². The normalized spacial score (nSPS) is 13.0. The summed E-state index contributed by atoms with van der Waals surface area (Å²) >= 11 is 0. The second-order valence-electron chi connectivity index (χ2n) is 7.10. The molecule has 0 fully saturated rings. The molecular formula is C21H19N5O3. The number of carbonyl (C=O) groups is 3. The van der Waals surface area contributed by atoms with E-state index in [2.05, 4.69) is 15.5 Å². The van der Waals surface area contributed by atoms with Gasteiger partial charge in [-0.15, -0.1) is 5.10 Å². The highest BCUT2D eigenvalue weighted by Gasteiger charge is 2.33. The summed E-state index contributed by atoms with van der Waals surface area (Å²) in [7, 11) is 1.43. The van der Waals surface area contributed by atoms with Crippen molar-refractivity contribution in [3.05, 3.63) is 70.0 Å². The van der Waals surface area contributed by atoms with Gasteiger partial charge in [0.1, 0.15) is 0 Å². The third-order valence-corrected chi connectivity index (χ3v) is 4.91. The minimum Gasteiger partial charge on any atom is -0.321 e. The second-order valence-corrected chi connectivity index (χ2v) is 7.10. The van der Waals surface area contributed by atoms with Gasteiger partial charge in [0.15, 0.2) is 5.69 Å². The van der Waals surface area contributed by atoms with Crippen molar-refractivity contribution in [2.75, 3.05) is 12.4 Å². The van der Waals surface area contributed by atoms with Gasteiger partial charge in [-0.2, -0.15) is 9.90 Å². The number of amides is 3. The molecule has 0 radical (unpaired) electrons. The molecule has 3 amide bonds. The lowest BCUT2D eigenvalue weighted by Gasteiger charge is -2.06. The van der Waals surface area contributed by atoms with Gasteiger partial charge in [0, 0.05) is 12.7 Å². The quantitative estimate of drug-likeness (QED) is 0.695. The zero-order valence-electron chi connectivity index (χ0n) is 16.5. The molecular weight excluding hydrogens is 370 g/mol. The number of nitrogens with one attached hydrogen (secondary N) is 1. The number of aryl methyl sites for hydroxylation is 3. The summed E-state index contributed by atoms with van der Waals surface area (Å²) in [5, 5.41) is 11.4. The Morgan fingerprint density at radius 1 is 0.931 bits per heavy atom. The predicted octanol–water partition coefficient (Wildman–Crippen LogP) is 2.67. The van der Waals surface area contributed by atoms with E-state index < -0.39 is 11.8 Å². The van der Waals surface area contributed by atoms with Crippen LogP contribution in [0.3, 0.4) is 0 Å². The lowest BCUT2D eigenvalue weighted by molar-refractivity contribution is 0.0692. The summed E-state index contributed by atoms with van der Waals surface area (Å²) in [5.41, 5.74) is 4.59. The maximum Gasteiger partial charge on any atom is 0.278 e. The number of rotatable bonds is 3. The molecule has 0 saturated heterocycles. The van der Waals surface area contributed by atoms with Gasteiger partial charge >= 0.3 is 0 Å². The van der Waals surface area contributed by atoms with Crippen LogP contribution in [0.5, 0.6) is 0 Å². The first-order chi connectivity index (χ1) is 13.8. The molecule has 0 saturated carbocycles. The molecule has 1 N–H and O–H groups in total. The highest BCUT2D eigenvalue weighted by molar-refractivity contribution is 6.21. The van der Waals surface area contributed by atoms with Crippen LogP contribution in [0.25, 0.3) is 5.69 Å². The zero-order valence-corrected chi connectivity index (χ0v) is 16.5. The van der Waals surface area contributed by atoms with E-state index in [0.717, 1.165) is 21.7 Å². The highest BCUT2D eigenvalue weighted by Crippen LogP contribution is 2.25. The molecule has 0 spiro atoms. The van der Waals surface area contributed by atoms with Crippen molar-refractivity contribution in [3.8, 4) is 5.69 Å². The van der Waals surface area contributed by atoms with Crippen LogP contribution in [0, 0.1) is 20.8 Å². The fraction of sp³-hybridized carbons (Fsp3) is 0.190. The molecule has 146 valence electrons. The average Bonchev–Trinajstić information content (AvgIpc) is 3.16. The number of hydrogen-bond donors (Lipinski definition) is 1. The lowest BCUT2D eigenvalue weighted by Crippen LogP contribution is -2.24. The van der Waals surface area contributed by atoms with Gasteiger partial charge in [-0.25, -0.2) is 0 Å². The number of carbonyl (C=O) groups excluding carboxylic acids is 3. The Hall–Kier alpha value is -3.81. The fourth-order valence-corrected chi connectivity index (χ4v) is 3.36. The monoisotopic (exact) mass is 389 g/mol. The van der Waals surface area contributed by atoms with Crippen LogP contribution in [-0.4, -0.2) is 44.7 Å². The molecule has 0 unspecified atom stereocenters. The summed E-state index contributed by atoms with van der Waals surface area (Å²) in [5.74, 6) is -1.18. The largest absolute Gasteiger partial charge is 0.321 e. The summed E-state index contributed by atoms with van der Waals surface area (Å²) in [6, 6.07) is 10.5.